The van der Waals surface area contributed by atoms with Gasteiger partial charge in [-0.25, -0.2) is 14.8 Å². The molecule has 10 heteroatoms. The molecule has 5 aromatic rings. The van der Waals surface area contributed by atoms with Gasteiger partial charge in [-0.05, 0) is 49.2 Å². The molecule has 0 spiro atoms. The summed E-state index contributed by atoms with van der Waals surface area (Å²) >= 11 is 1.42. The Balaban J connectivity index is 1.65. The molecule has 0 saturated carbocycles. The van der Waals surface area contributed by atoms with Crippen molar-refractivity contribution in [2.45, 2.75) is 20.4 Å². The molecule has 0 aliphatic heterocycles. The van der Waals surface area contributed by atoms with Gasteiger partial charge in [-0.3, -0.25) is 23.6 Å². The van der Waals surface area contributed by atoms with E-state index < -0.39 is 11.2 Å². The second-order valence-electron chi connectivity index (χ2n) is 8.29. The van der Waals surface area contributed by atoms with Gasteiger partial charge < -0.3 is 4.57 Å². The number of fused-ring (bicyclic) bond motifs is 2. The number of carbonyl (C=O) groups excluding carboxylic acids is 1. The van der Waals surface area contributed by atoms with Gasteiger partial charge in [-0.1, -0.05) is 29.5 Å². The summed E-state index contributed by atoms with van der Waals surface area (Å²) in [7, 11) is 2.96. The zero-order valence-corrected chi connectivity index (χ0v) is 20.0. The van der Waals surface area contributed by atoms with Gasteiger partial charge in [0.1, 0.15) is 6.54 Å². The van der Waals surface area contributed by atoms with Gasteiger partial charge >= 0.3 is 5.69 Å². The van der Waals surface area contributed by atoms with E-state index in [1.807, 2.05) is 56.3 Å². The van der Waals surface area contributed by atoms with Crippen LogP contribution < -0.4 is 16.1 Å². The maximum absolute atomic E-state index is 13.8. The summed E-state index contributed by atoms with van der Waals surface area (Å²) in [4.78, 5) is 49.4. The van der Waals surface area contributed by atoms with Crippen molar-refractivity contribution in [3.63, 3.8) is 0 Å². The Kier molecular flexibility index (Phi) is 5.17. The van der Waals surface area contributed by atoms with Crippen molar-refractivity contribution in [1.29, 1.82) is 0 Å². The first kappa shape index (κ1) is 21.8. The molecule has 0 radical (unpaired) electrons. The molecule has 34 heavy (non-hydrogen) atoms. The fourth-order valence-electron chi connectivity index (χ4n) is 4.13. The molecule has 3 aromatic heterocycles. The molecule has 0 unspecified atom stereocenters. The monoisotopic (exact) mass is 474 g/mol. The van der Waals surface area contributed by atoms with Gasteiger partial charge in [0.25, 0.3) is 11.5 Å². The number of hydrogen-bond donors (Lipinski definition) is 0. The molecular weight excluding hydrogens is 452 g/mol. The zero-order chi connectivity index (χ0) is 24.1. The lowest BCUT2D eigenvalue weighted by molar-refractivity contribution is -0.118. The standard InChI is InChI=1S/C24H22N6O3S/c1-14-9-15(2)11-16(10-14)30(23-26-17-7-5-6-8-18(17)34-23)19(31)12-29-13-25-21-20(29)22(32)28(4)24(33)27(21)3/h5-11,13H,12H2,1-4H3. The molecular formula is C24H22N6O3S. The summed E-state index contributed by atoms with van der Waals surface area (Å²) in [6, 6.07) is 13.6. The highest BCUT2D eigenvalue weighted by Gasteiger charge is 2.24. The third-order valence-electron chi connectivity index (χ3n) is 5.71. The smallest absolute Gasteiger partial charge is 0.315 e. The van der Waals surface area contributed by atoms with Crippen LogP contribution in [0.1, 0.15) is 11.1 Å². The number of thiazole rings is 1. The number of rotatable bonds is 4. The molecule has 9 nitrogen and oxygen atoms in total. The minimum absolute atomic E-state index is 0.146. The maximum Gasteiger partial charge on any atom is 0.332 e. The van der Waals surface area contributed by atoms with Crippen molar-refractivity contribution in [2.75, 3.05) is 4.90 Å². The van der Waals surface area contributed by atoms with Crippen LogP contribution in [0.15, 0.2) is 58.4 Å². The van der Waals surface area contributed by atoms with Crippen LogP contribution in [0.3, 0.4) is 0 Å². The van der Waals surface area contributed by atoms with Crippen LogP contribution in [0.25, 0.3) is 21.4 Å². The Hall–Kier alpha value is -4.05. The Labute approximate surface area is 198 Å². The van der Waals surface area contributed by atoms with Gasteiger partial charge in [0.05, 0.1) is 22.2 Å². The fraction of sp³-hybridized carbons (Fsp3) is 0.208. The van der Waals surface area contributed by atoms with Gasteiger partial charge in [0.2, 0.25) is 0 Å². The summed E-state index contributed by atoms with van der Waals surface area (Å²) in [6.45, 7) is 3.81. The summed E-state index contributed by atoms with van der Waals surface area (Å²) < 4.78 is 4.77. The number of aromatic nitrogens is 5. The number of para-hydroxylation sites is 1. The van der Waals surface area contributed by atoms with E-state index in [0.717, 1.165) is 25.9 Å². The minimum Gasteiger partial charge on any atom is -0.315 e. The fourth-order valence-corrected chi connectivity index (χ4v) is 5.13. The van der Waals surface area contributed by atoms with Gasteiger partial charge in [-0.2, -0.15) is 0 Å². The minimum atomic E-state index is -0.499. The van der Waals surface area contributed by atoms with Crippen LogP contribution in [0.2, 0.25) is 0 Å². The van der Waals surface area contributed by atoms with E-state index in [1.165, 1.54) is 33.8 Å². The highest BCUT2D eigenvalue weighted by molar-refractivity contribution is 7.22. The predicted octanol–water partition coefficient (Wildman–Crippen LogP) is 3.03. The first-order valence-corrected chi connectivity index (χ1v) is 11.4. The highest BCUT2D eigenvalue weighted by atomic mass is 32.1. The third-order valence-corrected chi connectivity index (χ3v) is 6.73. The van der Waals surface area contributed by atoms with Crippen LogP contribution in [0.5, 0.6) is 0 Å². The van der Waals surface area contributed by atoms with Crippen LogP contribution in [0.4, 0.5) is 10.8 Å². The van der Waals surface area contributed by atoms with E-state index in [4.69, 9.17) is 4.98 Å². The van der Waals surface area contributed by atoms with Crippen LogP contribution in [-0.2, 0) is 25.4 Å². The Morgan fingerprint density at radius 2 is 1.74 bits per heavy atom. The Bertz CT molecular complexity index is 1650. The van der Waals surface area contributed by atoms with Crippen molar-refractivity contribution in [1.82, 2.24) is 23.7 Å². The SMILES string of the molecule is Cc1cc(C)cc(N(C(=O)Cn2cnc3c2c(=O)n(C)c(=O)n3C)c2nc3ccccc3s2)c1. The van der Waals surface area contributed by atoms with Crippen LogP contribution >= 0.6 is 11.3 Å². The third kappa shape index (κ3) is 3.52. The quantitative estimate of drug-likeness (QED) is 0.399. The Morgan fingerprint density at radius 3 is 2.44 bits per heavy atom. The number of aryl methyl sites for hydroxylation is 3. The van der Waals surface area contributed by atoms with Crippen molar-refractivity contribution < 1.29 is 4.79 Å². The van der Waals surface area contributed by atoms with Gasteiger partial charge in [0.15, 0.2) is 16.3 Å². The summed E-state index contributed by atoms with van der Waals surface area (Å²) in [5, 5.41) is 0.543. The number of nitrogens with zero attached hydrogens (tertiary/aromatic N) is 6. The molecule has 172 valence electrons. The van der Waals surface area contributed by atoms with E-state index >= 15 is 0 Å². The molecule has 0 aliphatic rings. The molecule has 0 N–H and O–H groups in total. The highest BCUT2D eigenvalue weighted by Crippen LogP contribution is 2.34. The zero-order valence-electron chi connectivity index (χ0n) is 19.1. The molecule has 0 atom stereocenters. The average molecular weight is 475 g/mol. The van der Waals surface area contributed by atoms with Crippen LogP contribution in [-0.4, -0.2) is 29.6 Å². The molecule has 5 rings (SSSR count). The predicted molar refractivity (Wildman–Crippen MR) is 133 cm³/mol. The van der Waals surface area contributed by atoms with Gasteiger partial charge in [0, 0.05) is 14.1 Å². The number of benzene rings is 2. The molecule has 0 aliphatic carbocycles. The first-order chi connectivity index (χ1) is 16.2. The van der Waals surface area contributed by atoms with Crippen molar-refractivity contribution in [3.8, 4) is 0 Å². The van der Waals surface area contributed by atoms with Gasteiger partial charge in [-0.15, -0.1) is 0 Å². The second kappa shape index (κ2) is 8.07. The average Bonchev–Trinajstić information content (AvgIpc) is 3.40. The lowest BCUT2D eigenvalue weighted by atomic mass is 10.1. The molecule has 2 aromatic carbocycles. The summed E-state index contributed by atoms with van der Waals surface area (Å²) in [6.07, 6.45) is 1.42. The van der Waals surface area contributed by atoms with Crippen molar-refractivity contribution >= 4 is 49.4 Å². The molecule has 3 heterocycles. The van der Waals surface area contributed by atoms with E-state index in [1.54, 1.807) is 11.9 Å². The molecule has 0 fully saturated rings. The maximum atomic E-state index is 13.8. The summed E-state index contributed by atoms with van der Waals surface area (Å²) in [5.74, 6) is -0.278. The normalized spacial score (nSPS) is 11.4. The lowest BCUT2D eigenvalue weighted by Gasteiger charge is -2.21. The number of amides is 1. The lowest BCUT2D eigenvalue weighted by Crippen LogP contribution is -2.38. The summed E-state index contributed by atoms with van der Waals surface area (Å²) in [5.41, 5.74) is 3.01. The van der Waals surface area contributed by atoms with E-state index in [-0.39, 0.29) is 23.6 Å². The molecule has 1 amide bonds. The molecule has 0 saturated heterocycles. The van der Waals surface area contributed by atoms with Crippen LogP contribution in [0, 0.1) is 13.8 Å². The van der Waals surface area contributed by atoms with E-state index in [2.05, 4.69) is 4.98 Å². The topological polar surface area (TPSA) is 95.0 Å². The first-order valence-electron chi connectivity index (χ1n) is 10.6. The second-order valence-corrected chi connectivity index (χ2v) is 9.30. The largest absolute Gasteiger partial charge is 0.332 e. The number of carbonyl (C=O) groups is 1. The van der Waals surface area contributed by atoms with E-state index in [9.17, 15) is 14.4 Å². The number of anilines is 2. The molecule has 0 bridgehead atoms. The van der Waals surface area contributed by atoms with Crippen molar-refractivity contribution in [3.05, 3.63) is 80.8 Å². The van der Waals surface area contributed by atoms with E-state index in [0.29, 0.717) is 10.8 Å². The Morgan fingerprint density at radius 1 is 1.03 bits per heavy atom. The number of hydrogen-bond acceptors (Lipinski definition) is 6. The van der Waals surface area contributed by atoms with Crippen molar-refractivity contribution in [2.24, 2.45) is 14.1 Å². The number of imidazole rings is 1.